The lowest BCUT2D eigenvalue weighted by Crippen LogP contribution is -2.06. The predicted molar refractivity (Wildman–Crippen MR) is 56.0 cm³/mol. The van der Waals surface area contributed by atoms with Crippen molar-refractivity contribution < 1.29 is 9.90 Å². The van der Waals surface area contributed by atoms with E-state index in [4.69, 9.17) is 5.11 Å². The number of fused-ring (bicyclic) bond motifs is 1. The van der Waals surface area contributed by atoms with E-state index >= 15 is 0 Å². The molecule has 0 atom stereocenters. The van der Waals surface area contributed by atoms with Crippen LogP contribution in [-0.4, -0.2) is 20.5 Å². The van der Waals surface area contributed by atoms with Crippen molar-refractivity contribution in [1.82, 2.24) is 9.38 Å². The molecule has 0 radical (unpaired) electrons. The molecule has 15 heavy (non-hydrogen) atoms. The molecule has 0 unspecified atom stereocenters. The summed E-state index contributed by atoms with van der Waals surface area (Å²) in [4.78, 5) is 14.8. The van der Waals surface area contributed by atoms with Crippen LogP contribution in [0.25, 0.3) is 5.52 Å². The van der Waals surface area contributed by atoms with E-state index in [2.05, 4.69) is 4.98 Å². The Hall–Kier alpha value is -1.84. The lowest BCUT2D eigenvalue weighted by atomic mass is 10.2. The van der Waals surface area contributed by atoms with Gasteiger partial charge in [0.15, 0.2) is 0 Å². The summed E-state index contributed by atoms with van der Waals surface area (Å²) in [5.74, 6) is -0.280. The molecule has 2 heterocycles. The fourth-order valence-electron chi connectivity index (χ4n) is 1.84. The van der Waals surface area contributed by atoms with Crippen LogP contribution in [0.15, 0.2) is 18.3 Å². The number of hydrogen-bond acceptors (Lipinski definition) is 2. The van der Waals surface area contributed by atoms with Crippen LogP contribution in [0.4, 0.5) is 0 Å². The molecule has 2 rings (SSSR count). The van der Waals surface area contributed by atoms with Crippen molar-refractivity contribution in [3.8, 4) is 0 Å². The molecule has 0 spiro atoms. The molecule has 0 amide bonds. The first-order valence-corrected chi connectivity index (χ1v) is 4.73. The quantitative estimate of drug-likeness (QED) is 0.808. The maximum Gasteiger partial charge on any atom is 0.311 e. The molecule has 2 aromatic rings. The zero-order chi connectivity index (χ0) is 11.0. The van der Waals surface area contributed by atoms with Crippen molar-refractivity contribution in [1.29, 1.82) is 0 Å². The number of pyridine rings is 1. The summed E-state index contributed by atoms with van der Waals surface area (Å²) < 4.78 is 1.88. The third kappa shape index (κ3) is 1.70. The van der Waals surface area contributed by atoms with Gasteiger partial charge in [0.25, 0.3) is 0 Å². The molecule has 0 fully saturated rings. The molecule has 0 aromatic carbocycles. The number of hydrogen-bond donors (Lipinski definition) is 1. The first-order chi connectivity index (χ1) is 7.08. The summed E-state index contributed by atoms with van der Waals surface area (Å²) in [6, 6.07) is 4.01. The summed E-state index contributed by atoms with van der Waals surface area (Å²) in [6.45, 7) is 3.96. The van der Waals surface area contributed by atoms with E-state index < -0.39 is 5.97 Å². The van der Waals surface area contributed by atoms with Crippen LogP contribution >= 0.6 is 0 Å². The number of nitrogens with zero attached hydrogens (tertiary/aromatic N) is 2. The normalized spacial score (nSPS) is 10.8. The van der Waals surface area contributed by atoms with E-state index in [9.17, 15) is 4.79 Å². The van der Waals surface area contributed by atoms with Crippen molar-refractivity contribution >= 4 is 11.5 Å². The summed E-state index contributed by atoms with van der Waals surface area (Å²) in [5, 5.41) is 8.74. The average molecular weight is 204 g/mol. The predicted octanol–water partition coefficient (Wildman–Crippen LogP) is 1.58. The largest absolute Gasteiger partial charge is 0.481 e. The number of carboxylic acids is 1. The van der Waals surface area contributed by atoms with Crippen LogP contribution < -0.4 is 0 Å². The fraction of sp³-hybridized carbons (Fsp3) is 0.273. The maximum atomic E-state index is 10.6. The van der Waals surface area contributed by atoms with Crippen LogP contribution in [0.3, 0.4) is 0 Å². The van der Waals surface area contributed by atoms with Crippen LogP contribution in [0.2, 0.25) is 0 Å². The Morgan fingerprint density at radius 3 is 2.87 bits per heavy atom. The Morgan fingerprint density at radius 1 is 1.47 bits per heavy atom. The highest BCUT2D eigenvalue weighted by Gasteiger charge is 2.09. The minimum Gasteiger partial charge on any atom is -0.481 e. The summed E-state index contributed by atoms with van der Waals surface area (Å²) in [7, 11) is 0. The Morgan fingerprint density at radius 2 is 2.20 bits per heavy atom. The molecular formula is C11H12N2O2. The molecular weight excluding hydrogens is 192 g/mol. The highest BCUT2D eigenvalue weighted by atomic mass is 16.4. The van der Waals surface area contributed by atoms with Crippen LogP contribution in [0.1, 0.15) is 17.1 Å². The summed E-state index contributed by atoms with van der Waals surface area (Å²) in [6.07, 6.45) is 1.66. The van der Waals surface area contributed by atoms with Gasteiger partial charge in [0, 0.05) is 5.69 Å². The highest BCUT2D eigenvalue weighted by molar-refractivity contribution is 5.69. The lowest BCUT2D eigenvalue weighted by molar-refractivity contribution is -0.136. The summed E-state index contributed by atoms with van der Waals surface area (Å²) in [5.41, 5.74) is 3.12. The molecule has 1 N–H and O–H groups in total. The van der Waals surface area contributed by atoms with Crippen LogP contribution in [0, 0.1) is 13.8 Å². The number of aryl methyl sites for hydroxylation is 2. The third-order valence-corrected chi connectivity index (χ3v) is 2.34. The number of aliphatic carboxylic acids is 1. The number of imidazole rings is 1. The smallest absolute Gasteiger partial charge is 0.311 e. The molecule has 0 saturated carbocycles. The first kappa shape index (κ1) is 9.71. The van der Waals surface area contributed by atoms with Gasteiger partial charge in [0.2, 0.25) is 0 Å². The van der Waals surface area contributed by atoms with Gasteiger partial charge in [-0.25, -0.2) is 4.98 Å². The van der Waals surface area contributed by atoms with Crippen molar-refractivity contribution in [2.24, 2.45) is 0 Å². The van der Waals surface area contributed by atoms with Gasteiger partial charge in [-0.1, -0.05) is 0 Å². The molecule has 0 aliphatic heterocycles. The minimum atomic E-state index is -0.859. The van der Waals surface area contributed by atoms with E-state index in [1.807, 2.05) is 30.4 Å². The molecule has 0 saturated heterocycles. The Balaban J connectivity index is 2.63. The Kier molecular flexibility index (Phi) is 2.19. The second kappa shape index (κ2) is 3.38. The van der Waals surface area contributed by atoms with E-state index in [1.54, 1.807) is 6.20 Å². The maximum absolute atomic E-state index is 10.6. The molecule has 4 nitrogen and oxygen atoms in total. The molecule has 2 aromatic heterocycles. The fourth-order valence-corrected chi connectivity index (χ4v) is 1.84. The topological polar surface area (TPSA) is 54.6 Å². The number of carbonyl (C=O) groups is 1. The SMILES string of the molecule is Cc1cc(C)n2c(CC(=O)O)ncc2c1. The van der Waals surface area contributed by atoms with Gasteiger partial charge >= 0.3 is 5.97 Å². The zero-order valence-corrected chi connectivity index (χ0v) is 8.69. The highest BCUT2D eigenvalue weighted by Crippen LogP contribution is 2.13. The second-order valence-corrected chi connectivity index (χ2v) is 3.68. The van der Waals surface area contributed by atoms with Crippen LogP contribution in [-0.2, 0) is 11.2 Å². The average Bonchev–Trinajstić information content (AvgIpc) is 2.46. The van der Waals surface area contributed by atoms with E-state index in [0.717, 1.165) is 16.8 Å². The van der Waals surface area contributed by atoms with Gasteiger partial charge in [0.05, 0.1) is 11.7 Å². The number of rotatable bonds is 2. The Labute approximate surface area is 87.2 Å². The minimum absolute atomic E-state index is 0.0436. The number of aromatic nitrogens is 2. The first-order valence-electron chi connectivity index (χ1n) is 4.73. The third-order valence-electron chi connectivity index (χ3n) is 2.34. The second-order valence-electron chi connectivity index (χ2n) is 3.68. The molecule has 4 heteroatoms. The van der Waals surface area contributed by atoms with Crippen molar-refractivity contribution in [2.75, 3.05) is 0 Å². The van der Waals surface area contributed by atoms with Gasteiger partial charge in [-0.3, -0.25) is 4.79 Å². The van der Waals surface area contributed by atoms with Gasteiger partial charge in [-0.15, -0.1) is 0 Å². The molecule has 0 bridgehead atoms. The standard InChI is InChI=1S/C11H12N2O2/c1-7-3-8(2)13-9(4-7)6-12-10(13)5-11(14)15/h3-4,6H,5H2,1-2H3,(H,14,15). The number of carboxylic acid groups (broad SMARTS) is 1. The van der Waals surface area contributed by atoms with E-state index in [1.165, 1.54) is 0 Å². The molecule has 0 aliphatic rings. The van der Waals surface area contributed by atoms with E-state index in [0.29, 0.717) is 5.82 Å². The summed E-state index contributed by atoms with van der Waals surface area (Å²) >= 11 is 0. The van der Waals surface area contributed by atoms with Gasteiger partial charge in [0.1, 0.15) is 12.2 Å². The zero-order valence-electron chi connectivity index (χ0n) is 8.69. The lowest BCUT2D eigenvalue weighted by Gasteiger charge is -2.04. The molecule has 0 aliphatic carbocycles. The van der Waals surface area contributed by atoms with Crippen molar-refractivity contribution in [3.05, 3.63) is 35.4 Å². The van der Waals surface area contributed by atoms with Crippen molar-refractivity contribution in [2.45, 2.75) is 20.3 Å². The van der Waals surface area contributed by atoms with Crippen molar-refractivity contribution in [3.63, 3.8) is 0 Å². The monoisotopic (exact) mass is 204 g/mol. The molecule has 78 valence electrons. The van der Waals surface area contributed by atoms with Gasteiger partial charge in [-0.05, 0) is 31.5 Å². The Bertz CT molecular complexity index is 529. The van der Waals surface area contributed by atoms with E-state index in [-0.39, 0.29) is 6.42 Å². The van der Waals surface area contributed by atoms with Crippen LogP contribution in [0.5, 0.6) is 0 Å². The van der Waals surface area contributed by atoms with Gasteiger partial charge in [-0.2, -0.15) is 0 Å². The van der Waals surface area contributed by atoms with Gasteiger partial charge < -0.3 is 9.51 Å².